The van der Waals surface area contributed by atoms with E-state index in [0.29, 0.717) is 30.0 Å². The van der Waals surface area contributed by atoms with E-state index in [0.717, 1.165) is 5.56 Å². The minimum atomic E-state index is -0.524. The number of nitrogens with zero attached hydrogens (tertiary/aromatic N) is 2. The first kappa shape index (κ1) is 20.1. The Morgan fingerprint density at radius 1 is 0.667 bits per heavy atom. The number of fused-ring (bicyclic) bond motifs is 1. The van der Waals surface area contributed by atoms with Gasteiger partial charge in [-0.3, -0.25) is 29.0 Å². The molecular weight excluding hydrogens is 420 g/mol. The highest BCUT2D eigenvalue weighted by atomic mass is 16.5. The van der Waals surface area contributed by atoms with E-state index in [1.54, 1.807) is 24.3 Å². The van der Waals surface area contributed by atoms with Crippen molar-refractivity contribution >= 4 is 29.3 Å². The second kappa shape index (κ2) is 7.01. The maximum absolute atomic E-state index is 13.5. The average molecular weight is 444 g/mol. The molecule has 3 saturated carbocycles. The van der Waals surface area contributed by atoms with Gasteiger partial charge < -0.3 is 4.74 Å². The Kier molecular flexibility index (Phi) is 4.28. The number of anilines is 1. The molecule has 5 aliphatic rings. The maximum atomic E-state index is 13.5. The normalized spacial score (nSPS) is 32.4. The molecule has 2 aromatic rings. The topological polar surface area (TPSA) is 84.0 Å². The Labute approximate surface area is 191 Å². The minimum absolute atomic E-state index is 0.200. The molecule has 33 heavy (non-hydrogen) atoms. The van der Waals surface area contributed by atoms with Gasteiger partial charge in [0.15, 0.2) is 0 Å². The lowest BCUT2D eigenvalue weighted by molar-refractivity contribution is -0.148. The standard InChI is InChI=1S/C26H24N2O5/c1-13-3-7-15(8-4-13)33-16-9-5-14(6-10-16)28-25(31)21-17-11-12-18(22(21)26(28)32)20-19(17)23(29)27(2)24(20)30/h3-10,17-22H,11-12H2,1-2H3. The maximum Gasteiger partial charge on any atom is 0.237 e. The number of amides is 4. The molecule has 3 aliphatic carbocycles. The fourth-order valence-electron chi connectivity index (χ4n) is 6.58. The van der Waals surface area contributed by atoms with E-state index in [4.69, 9.17) is 4.74 Å². The minimum Gasteiger partial charge on any atom is -0.457 e. The van der Waals surface area contributed by atoms with Gasteiger partial charge in [-0.25, -0.2) is 0 Å². The first-order valence-electron chi connectivity index (χ1n) is 11.4. The summed E-state index contributed by atoms with van der Waals surface area (Å²) in [4.78, 5) is 54.9. The molecule has 6 atom stereocenters. The summed E-state index contributed by atoms with van der Waals surface area (Å²) in [5.41, 5.74) is 1.63. The van der Waals surface area contributed by atoms with Gasteiger partial charge in [0.1, 0.15) is 11.5 Å². The van der Waals surface area contributed by atoms with Crippen molar-refractivity contribution in [1.82, 2.24) is 4.90 Å². The molecule has 0 spiro atoms. The summed E-state index contributed by atoms with van der Waals surface area (Å²) in [6.07, 6.45) is 1.41. The number of imide groups is 2. The van der Waals surface area contributed by atoms with Crippen LogP contribution >= 0.6 is 0 Å². The Morgan fingerprint density at radius 3 is 1.58 bits per heavy atom. The number of aryl methyl sites for hydroxylation is 1. The van der Waals surface area contributed by atoms with Crippen LogP contribution in [0.4, 0.5) is 5.69 Å². The quantitative estimate of drug-likeness (QED) is 0.679. The summed E-state index contributed by atoms with van der Waals surface area (Å²) in [5.74, 6) is -2.08. The number of carbonyl (C=O) groups is 4. The van der Waals surface area contributed by atoms with Gasteiger partial charge in [0.25, 0.3) is 0 Å². The number of benzene rings is 2. The zero-order valence-corrected chi connectivity index (χ0v) is 18.4. The summed E-state index contributed by atoms with van der Waals surface area (Å²) in [7, 11) is 1.51. The van der Waals surface area contributed by atoms with Crippen LogP contribution in [0.1, 0.15) is 18.4 Å². The molecule has 0 aromatic heterocycles. The molecule has 168 valence electrons. The van der Waals surface area contributed by atoms with Crippen molar-refractivity contribution in [3.8, 4) is 11.5 Å². The average Bonchev–Trinajstić information content (AvgIpc) is 3.24. The van der Waals surface area contributed by atoms with Gasteiger partial charge >= 0.3 is 0 Å². The lowest BCUT2D eigenvalue weighted by Gasteiger charge is -2.48. The van der Waals surface area contributed by atoms with Gasteiger partial charge in [-0.15, -0.1) is 0 Å². The first-order valence-corrected chi connectivity index (χ1v) is 11.4. The van der Waals surface area contributed by atoms with Crippen molar-refractivity contribution in [3.63, 3.8) is 0 Å². The number of hydrogen-bond donors (Lipinski definition) is 0. The van der Waals surface area contributed by atoms with E-state index in [1.165, 1.54) is 16.8 Å². The number of ether oxygens (including phenoxy) is 1. The van der Waals surface area contributed by atoms with Crippen molar-refractivity contribution < 1.29 is 23.9 Å². The lowest BCUT2D eigenvalue weighted by atomic mass is 9.51. The lowest BCUT2D eigenvalue weighted by Crippen LogP contribution is -2.53. The molecule has 2 aliphatic heterocycles. The highest BCUT2D eigenvalue weighted by Crippen LogP contribution is 2.60. The third-order valence-electron chi connectivity index (χ3n) is 8.05. The van der Waals surface area contributed by atoms with E-state index in [1.807, 2.05) is 31.2 Å². The molecule has 7 nitrogen and oxygen atoms in total. The van der Waals surface area contributed by atoms with E-state index < -0.39 is 23.7 Å². The van der Waals surface area contributed by atoms with Gasteiger partial charge in [0.05, 0.1) is 29.4 Å². The Bertz CT molecular complexity index is 1140. The van der Waals surface area contributed by atoms with Crippen molar-refractivity contribution in [2.45, 2.75) is 19.8 Å². The predicted molar refractivity (Wildman–Crippen MR) is 118 cm³/mol. The molecule has 2 heterocycles. The molecule has 0 N–H and O–H groups in total. The van der Waals surface area contributed by atoms with Crippen molar-refractivity contribution in [1.29, 1.82) is 0 Å². The fraction of sp³-hybridized carbons (Fsp3) is 0.385. The van der Waals surface area contributed by atoms with Gasteiger partial charge in [0, 0.05) is 7.05 Å². The summed E-state index contributed by atoms with van der Waals surface area (Å²) in [6.45, 7) is 2.00. The van der Waals surface area contributed by atoms with Crippen molar-refractivity contribution in [3.05, 3.63) is 54.1 Å². The van der Waals surface area contributed by atoms with Crippen LogP contribution in [0.25, 0.3) is 0 Å². The second-order valence-electron chi connectivity index (χ2n) is 9.66. The predicted octanol–water partition coefficient (Wildman–Crippen LogP) is 3.16. The Balaban J connectivity index is 1.28. The van der Waals surface area contributed by atoms with Crippen LogP contribution in [-0.2, 0) is 19.2 Å². The number of carbonyl (C=O) groups excluding carboxylic acids is 4. The van der Waals surface area contributed by atoms with Crippen LogP contribution < -0.4 is 9.64 Å². The van der Waals surface area contributed by atoms with Crippen LogP contribution in [0.15, 0.2) is 48.5 Å². The third kappa shape index (κ3) is 2.74. The molecule has 7 heteroatoms. The number of rotatable bonds is 3. The highest BCUT2D eigenvalue weighted by molar-refractivity contribution is 6.23. The van der Waals surface area contributed by atoms with Crippen molar-refractivity contribution in [2.24, 2.45) is 35.5 Å². The molecular formula is C26H24N2O5. The summed E-state index contributed by atoms with van der Waals surface area (Å²) < 4.78 is 5.86. The van der Waals surface area contributed by atoms with Gasteiger partial charge in [-0.05, 0) is 68.0 Å². The molecule has 2 bridgehead atoms. The molecule has 4 amide bonds. The number of likely N-dealkylation sites (tertiary alicyclic amines) is 1. The molecule has 2 aromatic carbocycles. The zero-order chi connectivity index (χ0) is 23.0. The molecule has 6 unspecified atom stereocenters. The highest BCUT2D eigenvalue weighted by Gasteiger charge is 2.69. The Morgan fingerprint density at radius 2 is 1.09 bits per heavy atom. The summed E-state index contributed by atoms with van der Waals surface area (Å²) >= 11 is 0. The number of hydrogen-bond acceptors (Lipinski definition) is 5. The van der Waals surface area contributed by atoms with Gasteiger partial charge in [-0.2, -0.15) is 0 Å². The summed E-state index contributed by atoms with van der Waals surface area (Å²) in [6, 6.07) is 14.6. The fourth-order valence-corrected chi connectivity index (χ4v) is 6.58. The zero-order valence-electron chi connectivity index (χ0n) is 18.4. The second-order valence-corrected chi connectivity index (χ2v) is 9.66. The van der Waals surface area contributed by atoms with Crippen LogP contribution in [0.2, 0.25) is 0 Å². The molecule has 5 fully saturated rings. The molecule has 0 radical (unpaired) electrons. The molecule has 7 rings (SSSR count). The SMILES string of the molecule is Cc1ccc(Oc2ccc(N3C(=O)C4C5CCC(C6C(=O)N(C)C(=O)C56)C4C3=O)cc2)cc1. The van der Waals surface area contributed by atoms with Gasteiger partial charge in [-0.1, -0.05) is 17.7 Å². The first-order chi connectivity index (χ1) is 15.9. The largest absolute Gasteiger partial charge is 0.457 e. The van der Waals surface area contributed by atoms with E-state index >= 15 is 0 Å². The third-order valence-corrected chi connectivity index (χ3v) is 8.05. The van der Waals surface area contributed by atoms with Crippen molar-refractivity contribution in [2.75, 3.05) is 11.9 Å². The van der Waals surface area contributed by atoms with E-state index in [2.05, 4.69) is 0 Å². The van der Waals surface area contributed by atoms with Crippen LogP contribution in [0.3, 0.4) is 0 Å². The smallest absolute Gasteiger partial charge is 0.237 e. The molecule has 2 saturated heterocycles. The van der Waals surface area contributed by atoms with Crippen LogP contribution in [-0.4, -0.2) is 35.6 Å². The van der Waals surface area contributed by atoms with Crippen LogP contribution in [0.5, 0.6) is 11.5 Å². The van der Waals surface area contributed by atoms with Crippen LogP contribution in [0, 0.1) is 42.4 Å². The van der Waals surface area contributed by atoms with E-state index in [9.17, 15) is 19.2 Å². The van der Waals surface area contributed by atoms with E-state index in [-0.39, 0.29) is 35.5 Å². The van der Waals surface area contributed by atoms with Gasteiger partial charge in [0.2, 0.25) is 23.6 Å². The Hall–Kier alpha value is -3.48. The summed E-state index contributed by atoms with van der Waals surface area (Å²) in [5, 5.41) is 0. The monoisotopic (exact) mass is 444 g/mol.